The van der Waals surface area contributed by atoms with Crippen molar-refractivity contribution in [2.45, 2.75) is 25.8 Å². The molecule has 1 aromatic carbocycles. The third-order valence-electron chi connectivity index (χ3n) is 3.61. The van der Waals surface area contributed by atoms with Crippen LogP contribution in [-0.2, 0) is 11.2 Å². The number of aryl methyl sites for hydroxylation is 1. The molecule has 0 saturated carbocycles. The van der Waals surface area contributed by atoms with Crippen molar-refractivity contribution in [3.05, 3.63) is 66.1 Å². The summed E-state index contributed by atoms with van der Waals surface area (Å²) in [5.41, 5.74) is 1.38. The number of nitrogens with zero attached hydrogens (tertiary/aromatic N) is 3. The maximum absolute atomic E-state index is 13.3. The van der Waals surface area contributed by atoms with E-state index < -0.39 is 6.04 Å². The van der Waals surface area contributed by atoms with Crippen molar-refractivity contribution < 1.29 is 13.7 Å². The molecule has 2 aromatic heterocycles. The molecule has 7 heteroatoms. The Morgan fingerprint density at radius 3 is 2.92 bits per heavy atom. The molecule has 0 fully saturated rings. The second-order valence-electron chi connectivity index (χ2n) is 5.58. The van der Waals surface area contributed by atoms with Crippen molar-refractivity contribution in [3.8, 4) is 11.4 Å². The topological polar surface area (TPSA) is 80.9 Å². The van der Waals surface area contributed by atoms with Gasteiger partial charge in [0.2, 0.25) is 17.6 Å². The van der Waals surface area contributed by atoms with Gasteiger partial charge in [0.1, 0.15) is 11.9 Å². The number of carbonyl (C=O) groups is 1. The summed E-state index contributed by atoms with van der Waals surface area (Å²) in [6, 6.07) is 11.1. The van der Waals surface area contributed by atoms with Gasteiger partial charge >= 0.3 is 0 Å². The van der Waals surface area contributed by atoms with Crippen molar-refractivity contribution >= 4 is 5.91 Å². The summed E-state index contributed by atoms with van der Waals surface area (Å²) in [5.74, 6) is 0.0397. The fraction of sp³-hybridized carbons (Fsp3) is 0.222. The highest BCUT2D eigenvalue weighted by molar-refractivity contribution is 5.76. The highest BCUT2D eigenvalue weighted by Gasteiger charge is 2.17. The van der Waals surface area contributed by atoms with E-state index in [2.05, 4.69) is 20.4 Å². The molecule has 0 bridgehead atoms. The van der Waals surface area contributed by atoms with Crippen LogP contribution in [0.3, 0.4) is 0 Å². The lowest BCUT2D eigenvalue weighted by molar-refractivity contribution is -0.121. The lowest BCUT2D eigenvalue weighted by atomic mass is 10.2. The smallest absolute Gasteiger partial charge is 0.249 e. The van der Waals surface area contributed by atoms with Crippen LogP contribution in [0.25, 0.3) is 11.4 Å². The highest BCUT2D eigenvalue weighted by Crippen LogP contribution is 2.19. The van der Waals surface area contributed by atoms with E-state index in [1.807, 2.05) is 18.2 Å². The number of carbonyl (C=O) groups excluding carboxylic acids is 1. The second-order valence-corrected chi connectivity index (χ2v) is 5.58. The first-order valence-electron chi connectivity index (χ1n) is 7.90. The number of benzene rings is 1. The summed E-state index contributed by atoms with van der Waals surface area (Å²) >= 11 is 0. The molecule has 1 atom stereocenters. The molecule has 3 aromatic rings. The second kappa shape index (κ2) is 7.65. The fourth-order valence-corrected chi connectivity index (χ4v) is 2.32. The average molecular weight is 340 g/mol. The average Bonchev–Trinajstić information content (AvgIpc) is 3.11. The normalized spacial score (nSPS) is 11.9. The summed E-state index contributed by atoms with van der Waals surface area (Å²) < 4.78 is 18.4. The first kappa shape index (κ1) is 16.8. The van der Waals surface area contributed by atoms with Crippen molar-refractivity contribution in [1.82, 2.24) is 20.4 Å². The van der Waals surface area contributed by atoms with Gasteiger partial charge in [-0.05, 0) is 37.6 Å². The Morgan fingerprint density at radius 2 is 2.16 bits per heavy atom. The molecular weight excluding hydrogens is 323 g/mol. The SMILES string of the molecule is C[C@@H](NC(=O)CCc1ccccn1)c1nc(-c2cccc(F)c2)no1. The molecule has 0 spiro atoms. The minimum Gasteiger partial charge on any atom is -0.345 e. The van der Waals surface area contributed by atoms with Crippen LogP contribution in [0.15, 0.2) is 53.2 Å². The number of hydrogen-bond donors (Lipinski definition) is 1. The maximum Gasteiger partial charge on any atom is 0.249 e. The third kappa shape index (κ3) is 4.47. The molecule has 0 aliphatic rings. The lowest BCUT2D eigenvalue weighted by Gasteiger charge is -2.09. The van der Waals surface area contributed by atoms with Crippen molar-refractivity contribution in [3.63, 3.8) is 0 Å². The number of hydrogen-bond acceptors (Lipinski definition) is 5. The van der Waals surface area contributed by atoms with Crippen molar-refractivity contribution in [2.24, 2.45) is 0 Å². The van der Waals surface area contributed by atoms with Crippen LogP contribution in [0, 0.1) is 5.82 Å². The van der Waals surface area contributed by atoms with E-state index in [1.54, 1.807) is 25.3 Å². The molecule has 1 N–H and O–H groups in total. The minimum atomic E-state index is -0.439. The van der Waals surface area contributed by atoms with Gasteiger partial charge in [0, 0.05) is 23.9 Å². The zero-order valence-corrected chi connectivity index (χ0v) is 13.6. The summed E-state index contributed by atoms with van der Waals surface area (Å²) in [6.07, 6.45) is 2.56. The molecule has 2 heterocycles. The molecule has 25 heavy (non-hydrogen) atoms. The Kier molecular flexibility index (Phi) is 5.13. The molecule has 0 aliphatic carbocycles. The van der Waals surface area contributed by atoms with Crippen LogP contribution in [0.4, 0.5) is 4.39 Å². The van der Waals surface area contributed by atoms with Gasteiger partial charge in [-0.25, -0.2) is 4.39 Å². The fourth-order valence-electron chi connectivity index (χ4n) is 2.32. The first-order chi connectivity index (χ1) is 12.1. The number of pyridine rings is 1. The largest absolute Gasteiger partial charge is 0.345 e. The van der Waals surface area contributed by atoms with E-state index in [-0.39, 0.29) is 23.4 Å². The molecule has 1 amide bonds. The minimum absolute atomic E-state index is 0.136. The number of aromatic nitrogens is 3. The van der Waals surface area contributed by atoms with E-state index >= 15 is 0 Å². The number of nitrogens with one attached hydrogen (secondary N) is 1. The monoisotopic (exact) mass is 340 g/mol. The van der Waals surface area contributed by atoms with E-state index in [1.165, 1.54) is 12.1 Å². The van der Waals surface area contributed by atoms with Crippen LogP contribution in [-0.4, -0.2) is 21.0 Å². The van der Waals surface area contributed by atoms with E-state index in [0.29, 0.717) is 18.4 Å². The van der Waals surface area contributed by atoms with Crippen LogP contribution in [0.5, 0.6) is 0 Å². The van der Waals surface area contributed by atoms with E-state index in [4.69, 9.17) is 4.52 Å². The van der Waals surface area contributed by atoms with E-state index in [0.717, 1.165) is 5.69 Å². The number of amides is 1. The summed E-state index contributed by atoms with van der Waals surface area (Å²) in [7, 11) is 0. The van der Waals surface area contributed by atoms with Crippen LogP contribution >= 0.6 is 0 Å². The van der Waals surface area contributed by atoms with Crippen LogP contribution in [0.1, 0.15) is 31.0 Å². The summed E-state index contributed by atoms with van der Waals surface area (Å²) in [6.45, 7) is 1.75. The molecule has 3 rings (SSSR count). The van der Waals surface area contributed by atoms with Gasteiger partial charge in [0.25, 0.3) is 0 Å². The Bertz CT molecular complexity index is 851. The molecule has 0 radical (unpaired) electrons. The third-order valence-corrected chi connectivity index (χ3v) is 3.61. The van der Waals surface area contributed by atoms with E-state index in [9.17, 15) is 9.18 Å². The predicted molar refractivity (Wildman–Crippen MR) is 88.8 cm³/mol. The van der Waals surface area contributed by atoms with Crippen LogP contribution < -0.4 is 5.32 Å². The zero-order chi connectivity index (χ0) is 17.6. The van der Waals surface area contributed by atoms with Crippen LogP contribution in [0.2, 0.25) is 0 Å². The number of halogens is 1. The van der Waals surface area contributed by atoms with Gasteiger partial charge < -0.3 is 9.84 Å². The van der Waals surface area contributed by atoms with Crippen molar-refractivity contribution in [1.29, 1.82) is 0 Å². The van der Waals surface area contributed by atoms with Gasteiger partial charge in [0.05, 0.1) is 0 Å². The predicted octanol–water partition coefficient (Wildman–Crippen LogP) is 3.08. The molecule has 0 aliphatic heterocycles. The standard InChI is InChI=1S/C18H17FN4O2/c1-12(21-16(24)9-8-15-7-2-3-10-20-15)18-22-17(23-25-18)13-5-4-6-14(19)11-13/h2-7,10-12H,8-9H2,1H3,(H,21,24)/t12-/m1/s1. The van der Waals surface area contributed by atoms with Gasteiger partial charge in [-0.3, -0.25) is 9.78 Å². The lowest BCUT2D eigenvalue weighted by Crippen LogP contribution is -2.27. The Labute approximate surface area is 144 Å². The highest BCUT2D eigenvalue weighted by atomic mass is 19.1. The Hall–Kier alpha value is -3.09. The maximum atomic E-state index is 13.3. The van der Waals surface area contributed by atoms with Gasteiger partial charge in [-0.1, -0.05) is 23.4 Å². The quantitative estimate of drug-likeness (QED) is 0.746. The molecule has 128 valence electrons. The number of rotatable bonds is 6. The van der Waals surface area contributed by atoms with Crippen molar-refractivity contribution in [2.75, 3.05) is 0 Å². The molecular formula is C18H17FN4O2. The summed E-state index contributed by atoms with van der Waals surface area (Å²) in [5, 5.41) is 6.64. The zero-order valence-electron chi connectivity index (χ0n) is 13.6. The molecule has 6 nitrogen and oxygen atoms in total. The molecule has 0 unspecified atom stereocenters. The Morgan fingerprint density at radius 1 is 1.28 bits per heavy atom. The van der Waals surface area contributed by atoms with Gasteiger partial charge in [-0.15, -0.1) is 0 Å². The first-order valence-corrected chi connectivity index (χ1v) is 7.90. The van der Waals surface area contributed by atoms with Gasteiger partial charge in [-0.2, -0.15) is 4.98 Å². The van der Waals surface area contributed by atoms with Gasteiger partial charge in [0.15, 0.2) is 0 Å². The molecule has 0 saturated heterocycles. The Balaban J connectivity index is 1.58. The summed E-state index contributed by atoms with van der Waals surface area (Å²) in [4.78, 5) is 20.4.